The number of fused-ring (bicyclic) bond motifs is 1. The number of rotatable bonds is 4. The summed E-state index contributed by atoms with van der Waals surface area (Å²) in [4.78, 5) is 24.1. The summed E-state index contributed by atoms with van der Waals surface area (Å²) in [6.07, 6.45) is 0. The molecule has 0 amide bonds. The van der Waals surface area contributed by atoms with Crippen molar-refractivity contribution in [2.24, 2.45) is 0 Å². The van der Waals surface area contributed by atoms with Gasteiger partial charge in [0, 0.05) is 17.7 Å². The van der Waals surface area contributed by atoms with Gasteiger partial charge in [0.05, 0.1) is 5.75 Å². The molecule has 8 heteroatoms. The second-order valence-electron chi connectivity index (χ2n) is 4.11. The van der Waals surface area contributed by atoms with Crippen molar-refractivity contribution >= 4 is 33.3 Å². The lowest BCUT2D eigenvalue weighted by Gasteiger charge is -2.18. The second kappa shape index (κ2) is 5.35. The van der Waals surface area contributed by atoms with Gasteiger partial charge in [-0.1, -0.05) is 35.9 Å². The average molecular weight is 316 g/mol. The van der Waals surface area contributed by atoms with Crippen LogP contribution in [0.25, 0.3) is 0 Å². The molecule has 0 saturated carbocycles. The van der Waals surface area contributed by atoms with E-state index in [1.165, 1.54) is 12.1 Å². The van der Waals surface area contributed by atoms with E-state index in [2.05, 4.69) is 5.32 Å². The van der Waals surface area contributed by atoms with Gasteiger partial charge in [-0.3, -0.25) is 14.1 Å². The molecule has 0 unspecified atom stereocenters. The van der Waals surface area contributed by atoms with E-state index in [0.717, 1.165) is 0 Å². The molecule has 106 valence electrons. The van der Waals surface area contributed by atoms with Gasteiger partial charge in [0.25, 0.3) is 10.1 Å². The number of Topliss-reactive ketones (excluding diaryl/α,β-unsaturated/α-hetero) is 2. The summed E-state index contributed by atoms with van der Waals surface area (Å²) in [5.74, 6) is -1.58. The van der Waals surface area contributed by atoms with Gasteiger partial charge in [-0.05, 0) is 0 Å². The van der Waals surface area contributed by atoms with Crippen LogP contribution < -0.4 is 5.32 Å². The zero-order valence-corrected chi connectivity index (χ0v) is 11.7. The van der Waals surface area contributed by atoms with Crippen LogP contribution in [0, 0.1) is 0 Å². The quantitative estimate of drug-likeness (QED) is 0.804. The van der Waals surface area contributed by atoms with Gasteiger partial charge in [0.15, 0.2) is 0 Å². The maximum atomic E-state index is 12.2. The summed E-state index contributed by atoms with van der Waals surface area (Å²) in [7, 11) is -4.16. The largest absolute Gasteiger partial charge is 0.379 e. The SMILES string of the molecule is O=C1C(Cl)=C(NCCS(=O)(=O)O)C(=O)c2ccccc21. The summed E-state index contributed by atoms with van der Waals surface area (Å²) >= 11 is 5.84. The molecule has 0 aliphatic heterocycles. The monoisotopic (exact) mass is 315 g/mol. The molecular weight excluding hydrogens is 306 g/mol. The lowest BCUT2D eigenvalue weighted by Crippen LogP contribution is -2.31. The first-order chi connectivity index (χ1) is 9.31. The molecule has 2 rings (SSSR count). The average Bonchev–Trinajstić information content (AvgIpc) is 2.39. The lowest BCUT2D eigenvalue weighted by atomic mass is 9.92. The number of carbonyl (C=O) groups excluding carboxylic acids is 2. The van der Waals surface area contributed by atoms with Crippen molar-refractivity contribution in [1.82, 2.24) is 5.32 Å². The highest BCUT2D eigenvalue weighted by Gasteiger charge is 2.31. The van der Waals surface area contributed by atoms with Crippen molar-refractivity contribution in [1.29, 1.82) is 0 Å². The molecular formula is C12H10ClNO5S. The van der Waals surface area contributed by atoms with Crippen LogP contribution in [0.5, 0.6) is 0 Å². The van der Waals surface area contributed by atoms with E-state index in [9.17, 15) is 18.0 Å². The molecule has 1 aliphatic carbocycles. The second-order valence-corrected chi connectivity index (χ2v) is 6.06. The van der Waals surface area contributed by atoms with Gasteiger partial charge < -0.3 is 5.32 Å². The van der Waals surface area contributed by atoms with E-state index in [1.807, 2.05) is 0 Å². The molecule has 0 atom stereocenters. The highest BCUT2D eigenvalue weighted by Crippen LogP contribution is 2.26. The summed E-state index contributed by atoms with van der Waals surface area (Å²) in [5, 5.41) is 2.20. The zero-order valence-electron chi connectivity index (χ0n) is 10.1. The highest BCUT2D eigenvalue weighted by atomic mass is 35.5. The topological polar surface area (TPSA) is 101 Å². The van der Waals surface area contributed by atoms with Crippen LogP contribution in [0.4, 0.5) is 0 Å². The molecule has 0 spiro atoms. The summed E-state index contributed by atoms with van der Waals surface area (Å²) in [6.45, 7) is -0.231. The Balaban J connectivity index is 2.28. The molecule has 0 aromatic heterocycles. The van der Waals surface area contributed by atoms with E-state index in [1.54, 1.807) is 12.1 Å². The molecule has 2 N–H and O–H groups in total. The number of halogens is 1. The third-order valence-electron chi connectivity index (χ3n) is 2.72. The lowest BCUT2D eigenvalue weighted by molar-refractivity contribution is 0.0975. The minimum Gasteiger partial charge on any atom is -0.379 e. The Morgan fingerprint density at radius 3 is 2.20 bits per heavy atom. The van der Waals surface area contributed by atoms with Gasteiger partial charge in [-0.15, -0.1) is 0 Å². The number of benzene rings is 1. The summed E-state index contributed by atoms with van der Waals surface area (Å²) < 4.78 is 29.8. The zero-order chi connectivity index (χ0) is 14.9. The number of ketones is 2. The minimum atomic E-state index is -4.16. The number of hydrogen-bond donors (Lipinski definition) is 2. The maximum absolute atomic E-state index is 12.2. The summed E-state index contributed by atoms with van der Waals surface area (Å²) in [5.41, 5.74) is 0.262. The molecule has 1 aliphatic rings. The van der Waals surface area contributed by atoms with Crippen molar-refractivity contribution in [3.63, 3.8) is 0 Å². The fourth-order valence-corrected chi connectivity index (χ4v) is 2.42. The Morgan fingerprint density at radius 1 is 1.10 bits per heavy atom. The molecule has 6 nitrogen and oxygen atoms in total. The standard InChI is InChI=1S/C12H10ClNO5S/c13-9-10(14-5-6-20(17,18)19)12(16)8-4-2-1-3-7(8)11(9)15/h1-4,14H,5-6H2,(H,17,18,19). The third-order valence-corrected chi connectivity index (χ3v) is 3.80. The molecule has 0 radical (unpaired) electrons. The number of allylic oxidation sites excluding steroid dienone is 2. The van der Waals surface area contributed by atoms with E-state index >= 15 is 0 Å². The van der Waals surface area contributed by atoms with E-state index in [0.29, 0.717) is 0 Å². The van der Waals surface area contributed by atoms with Gasteiger partial charge in [-0.2, -0.15) is 8.42 Å². The fourth-order valence-electron chi connectivity index (χ4n) is 1.81. The van der Waals surface area contributed by atoms with Crippen molar-refractivity contribution in [3.8, 4) is 0 Å². The molecule has 0 fully saturated rings. The van der Waals surface area contributed by atoms with Crippen molar-refractivity contribution in [3.05, 3.63) is 46.1 Å². The highest BCUT2D eigenvalue weighted by molar-refractivity contribution is 7.85. The predicted octanol–water partition coefficient (Wildman–Crippen LogP) is 0.993. The Kier molecular flexibility index (Phi) is 3.94. The Labute approximate surface area is 120 Å². The molecule has 0 heterocycles. The number of nitrogens with one attached hydrogen (secondary N) is 1. The first kappa shape index (κ1) is 14.7. The van der Waals surface area contributed by atoms with Crippen LogP contribution in [0.15, 0.2) is 35.0 Å². The van der Waals surface area contributed by atoms with Crippen LogP contribution in [0.1, 0.15) is 20.7 Å². The number of carbonyl (C=O) groups is 2. The van der Waals surface area contributed by atoms with Gasteiger partial charge in [0.2, 0.25) is 11.6 Å². The third kappa shape index (κ3) is 2.90. The molecule has 0 saturated heterocycles. The predicted molar refractivity (Wildman–Crippen MR) is 72.4 cm³/mol. The first-order valence-corrected chi connectivity index (χ1v) is 7.57. The minimum absolute atomic E-state index is 0.154. The molecule has 20 heavy (non-hydrogen) atoms. The Hall–Kier alpha value is -1.70. The van der Waals surface area contributed by atoms with E-state index in [4.69, 9.17) is 16.2 Å². The van der Waals surface area contributed by atoms with E-state index in [-0.39, 0.29) is 28.4 Å². The maximum Gasteiger partial charge on any atom is 0.266 e. The van der Waals surface area contributed by atoms with Crippen molar-refractivity contribution in [2.45, 2.75) is 0 Å². The van der Waals surface area contributed by atoms with Crippen LogP contribution in [0.2, 0.25) is 0 Å². The van der Waals surface area contributed by atoms with Gasteiger partial charge in [-0.25, -0.2) is 0 Å². The Bertz CT molecular complexity index is 723. The molecule has 0 bridgehead atoms. The smallest absolute Gasteiger partial charge is 0.266 e. The van der Waals surface area contributed by atoms with Crippen LogP contribution in [0.3, 0.4) is 0 Å². The van der Waals surface area contributed by atoms with Gasteiger partial charge in [0.1, 0.15) is 10.7 Å². The normalized spacial score (nSPS) is 15.3. The van der Waals surface area contributed by atoms with Crippen LogP contribution >= 0.6 is 11.6 Å². The Morgan fingerprint density at radius 2 is 1.65 bits per heavy atom. The number of hydrogen-bond acceptors (Lipinski definition) is 5. The fraction of sp³-hybridized carbons (Fsp3) is 0.167. The summed E-state index contributed by atoms with van der Waals surface area (Å²) in [6, 6.07) is 6.21. The molecule has 1 aromatic rings. The van der Waals surface area contributed by atoms with Crippen LogP contribution in [-0.2, 0) is 10.1 Å². The van der Waals surface area contributed by atoms with Crippen molar-refractivity contribution < 1.29 is 22.6 Å². The molecule has 1 aromatic carbocycles. The first-order valence-electron chi connectivity index (χ1n) is 5.58. The van der Waals surface area contributed by atoms with Gasteiger partial charge >= 0.3 is 0 Å². The van der Waals surface area contributed by atoms with Crippen molar-refractivity contribution in [2.75, 3.05) is 12.3 Å². The van der Waals surface area contributed by atoms with E-state index < -0.39 is 27.4 Å². The van der Waals surface area contributed by atoms with Crippen LogP contribution in [-0.4, -0.2) is 36.8 Å².